The first-order valence-electron chi connectivity index (χ1n) is 22.0. The number of nitrogens with one attached hydrogen (secondary N) is 4. The molecular weight excluding hydrogens is 747 g/mol. The lowest BCUT2D eigenvalue weighted by Gasteiger charge is -2.45. The maximum Gasteiger partial charge on any atom is 0.315 e. The Balaban J connectivity index is 1.24. The highest BCUT2D eigenvalue weighted by molar-refractivity contribution is 7.92. The molecule has 0 radical (unpaired) electrons. The number of urea groups is 1. The number of hydrogen-bond acceptors (Lipinski definition) is 8. The molecule has 320 valence electrons. The van der Waals surface area contributed by atoms with Crippen LogP contribution in [0.15, 0.2) is 12.7 Å². The largest absolute Gasteiger partial charge is 0.395 e. The van der Waals surface area contributed by atoms with E-state index in [1.165, 1.54) is 6.08 Å². The Hall–Kier alpha value is -3.00. The van der Waals surface area contributed by atoms with E-state index in [0.717, 1.165) is 70.6 Å². The van der Waals surface area contributed by atoms with Crippen molar-refractivity contribution in [2.45, 2.75) is 171 Å². The Kier molecular flexibility index (Phi) is 13.2. The van der Waals surface area contributed by atoms with Gasteiger partial charge in [0.05, 0.1) is 28.7 Å². The number of Topliss-reactive ketones (excluding diaryl/α,β-unsaturated/α-hetero) is 1. The van der Waals surface area contributed by atoms with Crippen molar-refractivity contribution >= 4 is 39.4 Å². The van der Waals surface area contributed by atoms with Gasteiger partial charge < -0.3 is 31.3 Å². The fraction of sp³-hybridized carbons (Fsp3) is 0.837. The second-order valence-corrected chi connectivity index (χ2v) is 22.0. The first-order chi connectivity index (χ1) is 27.0. The van der Waals surface area contributed by atoms with Crippen LogP contribution < -0.4 is 21.3 Å². The molecule has 6 aliphatic rings. The van der Waals surface area contributed by atoms with E-state index in [1.54, 1.807) is 4.90 Å². The highest BCUT2D eigenvalue weighted by Gasteiger charge is 2.70. The molecule has 0 aromatic heterocycles. The van der Waals surface area contributed by atoms with Gasteiger partial charge in [-0.1, -0.05) is 97.5 Å². The number of aliphatic hydroxyl groups is 1. The fourth-order valence-corrected chi connectivity index (χ4v) is 13.6. The lowest BCUT2D eigenvalue weighted by atomic mass is 9.70. The molecule has 1 saturated heterocycles. The smallest absolute Gasteiger partial charge is 0.315 e. The minimum atomic E-state index is -3.82. The van der Waals surface area contributed by atoms with Gasteiger partial charge in [0, 0.05) is 13.1 Å². The zero-order valence-electron chi connectivity index (χ0n) is 34.7. The van der Waals surface area contributed by atoms with E-state index >= 15 is 4.79 Å². The van der Waals surface area contributed by atoms with Gasteiger partial charge >= 0.3 is 6.03 Å². The van der Waals surface area contributed by atoms with Crippen molar-refractivity contribution in [3.8, 4) is 0 Å². The molecule has 0 aromatic rings. The normalized spacial score (nSPS) is 28.1. The van der Waals surface area contributed by atoms with Gasteiger partial charge in [0.15, 0.2) is 9.84 Å². The minimum Gasteiger partial charge on any atom is -0.395 e. The van der Waals surface area contributed by atoms with Crippen molar-refractivity contribution in [3.63, 3.8) is 0 Å². The third-order valence-corrected chi connectivity index (χ3v) is 18.0. The van der Waals surface area contributed by atoms with E-state index < -0.39 is 73.9 Å². The summed E-state index contributed by atoms with van der Waals surface area (Å²) in [5, 5.41) is 22.1. The Morgan fingerprint density at radius 2 is 1.46 bits per heavy atom. The summed E-state index contributed by atoms with van der Waals surface area (Å²) in [6, 6.07) is -3.49. The number of nitrogens with zero attached hydrogens (tertiary/aromatic N) is 1. The molecule has 13 nitrogen and oxygen atoms in total. The molecule has 0 unspecified atom stereocenters. The van der Waals surface area contributed by atoms with Crippen LogP contribution >= 0.6 is 0 Å². The van der Waals surface area contributed by atoms with Crippen LogP contribution in [0.2, 0.25) is 0 Å². The standard InChI is InChI=1S/C43H69N5O8S/c1-5-25-44-37(52)34(50)31(18-17-29-15-16-29)45-36(51)33-32-30(40(32,2)3)26-48(33)38(53)35(41(4)19-9-6-10-20-41)46-39(54)47-42(21-11-7-12-22-42)28-57(55,56)43(27-49)23-13-8-14-24-43/h5,29-33,35,49H,1,6-28H2,2-4H3,(H,44,52)(H,45,51)(H2,46,47,54)/t30-,31-,32-,33-,35+/m0/s1. The van der Waals surface area contributed by atoms with Gasteiger partial charge in [-0.05, 0) is 80.0 Å². The molecule has 5 atom stereocenters. The number of ketones is 1. The maximum atomic E-state index is 15.1. The van der Waals surface area contributed by atoms with Crippen LogP contribution in [0, 0.1) is 28.6 Å². The van der Waals surface area contributed by atoms with Crippen LogP contribution in [0.4, 0.5) is 4.79 Å². The van der Waals surface area contributed by atoms with E-state index in [0.29, 0.717) is 63.8 Å². The predicted octanol–water partition coefficient (Wildman–Crippen LogP) is 4.47. The van der Waals surface area contributed by atoms with Crippen LogP contribution in [-0.4, -0.2) is 102 Å². The van der Waals surface area contributed by atoms with Gasteiger partial charge in [-0.3, -0.25) is 19.2 Å². The summed E-state index contributed by atoms with van der Waals surface area (Å²) in [4.78, 5) is 71.6. The Morgan fingerprint density at radius 3 is 2.04 bits per heavy atom. The molecule has 57 heavy (non-hydrogen) atoms. The fourth-order valence-electron chi connectivity index (χ4n) is 11.1. The van der Waals surface area contributed by atoms with Gasteiger partial charge in [-0.15, -0.1) is 6.58 Å². The van der Waals surface area contributed by atoms with Crippen LogP contribution in [0.25, 0.3) is 0 Å². The zero-order chi connectivity index (χ0) is 41.2. The molecule has 0 spiro atoms. The summed E-state index contributed by atoms with van der Waals surface area (Å²) >= 11 is 0. The second-order valence-electron chi connectivity index (χ2n) is 19.6. The summed E-state index contributed by atoms with van der Waals surface area (Å²) < 4.78 is 27.2. The SMILES string of the molecule is C=CCNC(=O)C(=O)[C@H](CCC1CC1)NC(=O)[C@@H]1[C@@H]2[C@H](CN1C(=O)[C@@H](NC(=O)NC1(CS(=O)(=O)C3(CO)CCCCC3)CCCCC1)C1(C)CCCCC1)C2(C)C. The molecule has 6 rings (SSSR count). The number of likely N-dealkylation sites (tertiary alicyclic amines) is 1. The van der Waals surface area contributed by atoms with Crippen LogP contribution in [0.5, 0.6) is 0 Å². The molecule has 5 aliphatic carbocycles. The Labute approximate surface area is 340 Å². The molecule has 5 N–H and O–H groups in total. The second kappa shape index (κ2) is 17.3. The first-order valence-corrected chi connectivity index (χ1v) is 23.6. The highest BCUT2D eigenvalue weighted by Crippen LogP contribution is 2.65. The molecule has 14 heteroatoms. The van der Waals surface area contributed by atoms with Crippen molar-refractivity contribution in [2.75, 3.05) is 25.4 Å². The number of fused-ring (bicyclic) bond motifs is 1. The molecule has 0 bridgehead atoms. The average molecular weight is 816 g/mol. The van der Waals surface area contributed by atoms with E-state index in [-0.39, 0.29) is 35.5 Å². The minimum absolute atomic E-state index is 0.0525. The Morgan fingerprint density at radius 1 is 0.860 bits per heavy atom. The average Bonchev–Trinajstić information content (AvgIpc) is 4.05. The van der Waals surface area contributed by atoms with Gasteiger partial charge in [-0.25, -0.2) is 13.2 Å². The van der Waals surface area contributed by atoms with E-state index in [1.807, 2.05) is 6.92 Å². The predicted molar refractivity (Wildman–Crippen MR) is 218 cm³/mol. The number of carbonyl (C=O) groups excluding carboxylic acids is 5. The van der Waals surface area contributed by atoms with Crippen molar-refractivity contribution in [2.24, 2.45) is 28.6 Å². The van der Waals surface area contributed by atoms with Gasteiger partial charge in [0.1, 0.15) is 12.1 Å². The van der Waals surface area contributed by atoms with Crippen molar-refractivity contribution in [1.82, 2.24) is 26.2 Å². The number of sulfone groups is 1. The topological polar surface area (TPSA) is 191 Å². The van der Waals surface area contributed by atoms with Crippen molar-refractivity contribution in [3.05, 3.63) is 12.7 Å². The highest BCUT2D eigenvalue weighted by atomic mass is 32.2. The van der Waals surface area contributed by atoms with E-state index in [9.17, 15) is 32.7 Å². The van der Waals surface area contributed by atoms with Crippen LogP contribution in [0.3, 0.4) is 0 Å². The molecule has 5 amide bonds. The molecule has 0 aromatic carbocycles. The monoisotopic (exact) mass is 815 g/mol. The molecular formula is C43H69N5O8S. The third-order valence-electron chi connectivity index (χ3n) is 15.2. The summed E-state index contributed by atoms with van der Waals surface area (Å²) in [5.74, 6) is -2.21. The number of piperidine rings is 1. The number of hydrogen-bond donors (Lipinski definition) is 5. The van der Waals surface area contributed by atoms with Gasteiger partial charge in [0.25, 0.3) is 5.91 Å². The number of aliphatic hydroxyl groups excluding tert-OH is 1. The molecule has 5 saturated carbocycles. The summed E-state index contributed by atoms with van der Waals surface area (Å²) in [6.45, 7) is 9.81. The molecule has 6 fully saturated rings. The lowest BCUT2D eigenvalue weighted by molar-refractivity contribution is -0.146. The number of carbonyl (C=O) groups is 5. The Bertz CT molecular complexity index is 1640. The van der Waals surface area contributed by atoms with Crippen molar-refractivity contribution < 1.29 is 37.5 Å². The zero-order valence-corrected chi connectivity index (χ0v) is 35.5. The summed E-state index contributed by atoms with van der Waals surface area (Å²) in [7, 11) is -3.82. The number of rotatable bonds is 17. The first kappa shape index (κ1) is 43.6. The quantitative estimate of drug-likeness (QED) is 0.105. The van der Waals surface area contributed by atoms with Crippen LogP contribution in [-0.2, 0) is 29.0 Å². The van der Waals surface area contributed by atoms with Crippen LogP contribution in [0.1, 0.15) is 143 Å². The summed E-state index contributed by atoms with van der Waals surface area (Å²) in [5.41, 5.74) is -1.87. The van der Waals surface area contributed by atoms with E-state index in [4.69, 9.17) is 0 Å². The van der Waals surface area contributed by atoms with E-state index in [2.05, 4.69) is 41.7 Å². The lowest BCUT2D eigenvalue weighted by Crippen LogP contribution is -2.65. The molecule has 1 heterocycles. The summed E-state index contributed by atoms with van der Waals surface area (Å²) in [6.07, 6.45) is 15.4. The third kappa shape index (κ3) is 9.26. The number of amides is 5. The van der Waals surface area contributed by atoms with Crippen molar-refractivity contribution in [1.29, 1.82) is 0 Å². The molecule has 1 aliphatic heterocycles. The van der Waals surface area contributed by atoms with Gasteiger partial charge in [0.2, 0.25) is 17.6 Å². The van der Waals surface area contributed by atoms with Gasteiger partial charge in [-0.2, -0.15) is 0 Å². The maximum absolute atomic E-state index is 15.1.